The summed E-state index contributed by atoms with van der Waals surface area (Å²) in [5.74, 6) is -1.10. The molecule has 1 aromatic heterocycles. The third kappa shape index (κ3) is 2.31. The normalized spacial score (nSPS) is 10.5. The molecule has 88 valence electrons. The highest BCUT2D eigenvalue weighted by molar-refractivity contribution is 9.10. The molecule has 0 radical (unpaired) electrons. The second-order valence-corrected chi connectivity index (χ2v) is 4.83. The molecule has 2 N–H and O–H groups in total. The molecule has 0 saturated heterocycles. The predicted molar refractivity (Wildman–Crippen MR) is 68.7 cm³/mol. The van der Waals surface area contributed by atoms with Crippen molar-refractivity contribution in [3.63, 3.8) is 0 Å². The van der Waals surface area contributed by atoms with Gasteiger partial charge in [0.15, 0.2) is 5.69 Å². The maximum Gasteiger partial charge on any atom is 0.355 e. The zero-order valence-corrected chi connectivity index (χ0v) is 11.3. The van der Waals surface area contributed by atoms with E-state index in [0.29, 0.717) is 25.8 Å². The fraction of sp³-hybridized carbons (Fsp3) is 0. The molecular weight excluding hydrogens is 331 g/mol. The van der Waals surface area contributed by atoms with Crippen LogP contribution in [0.25, 0.3) is 11.3 Å². The van der Waals surface area contributed by atoms with Crippen LogP contribution in [0.15, 0.2) is 22.7 Å². The summed E-state index contributed by atoms with van der Waals surface area (Å²) in [6, 6.07) is 4.90. The molecule has 0 aliphatic carbocycles. The Bertz CT molecular complexity index is 598. The van der Waals surface area contributed by atoms with Gasteiger partial charge in [-0.2, -0.15) is 5.10 Å². The van der Waals surface area contributed by atoms with Gasteiger partial charge in [0.05, 0.1) is 9.50 Å². The Morgan fingerprint density at radius 3 is 2.65 bits per heavy atom. The molecule has 4 nitrogen and oxygen atoms in total. The largest absolute Gasteiger partial charge is 0.476 e. The van der Waals surface area contributed by atoms with E-state index in [1.54, 1.807) is 18.2 Å². The molecule has 2 aromatic rings. The molecule has 1 aromatic carbocycles. The Balaban J connectivity index is 2.57. The van der Waals surface area contributed by atoms with E-state index in [1.165, 1.54) is 0 Å². The topological polar surface area (TPSA) is 66.0 Å². The number of halogens is 3. The third-order valence-corrected chi connectivity index (χ3v) is 3.43. The van der Waals surface area contributed by atoms with E-state index in [-0.39, 0.29) is 5.69 Å². The number of rotatable bonds is 2. The highest BCUT2D eigenvalue weighted by atomic mass is 79.9. The molecule has 1 heterocycles. The molecule has 0 aliphatic rings. The quantitative estimate of drug-likeness (QED) is 0.876. The fourth-order valence-corrected chi connectivity index (χ4v) is 2.39. The first-order valence-corrected chi connectivity index (χ1v) is 5.98. The Morgan fingerprint density at radius 1 is 1.41 bits per heavy atom. The molecule has 0 atom stereocenters. The van der Waals surface area contributed by atoms with E-state index in [4.69, 9.17) is 28.3 Å². The lowest BCUT2D eigenvalue weighted by Crippen LogP contribution is -1.96. The van der Waals surface area contributed by atoms with E-state index in [2.05, 4.69) is 26.1 Å². The van der Waals surface area contributed by atoms with Gasteiger partial charge in [-0.25, -0.2) is 4.79 Å². The van der Waals surface area contributed by atoms with Gasteiger partial charge < -0.3 is 5.11 Å². The molecule has 0 bridgehead atoms. The summed E-state index contributed by atoms with van der Waals surface area (Å²) in [4.78, 5) is 10.9. The van der Waals surface area contributed by atoms with Crippen LogP contribution in [-0.2, 0) is 0 Å². The molecule has 0 aliphatic heterocycles. The van der Waals surface area contributed by atoms with Crippen LogP contribution in [0.5, 0.6) is 0 Å². The second kappa shape index (κ2) is 4.68. The standard InChI is InChI=1S/C10H5BrCl2N2O2/c11-7-8(14-15-9(7)10(16)17)5-2-1-4(12)3-6(5)13/h1-3H,(H,14,15)(H,16,17). The lowest BCUT2D eigenvalue weighted by Gasteiger charge is -2.01. The van der Waals surface area contributed by atoms with Crippen molar-refractivity contribution in [1.29, 1.82) is 0 Å². The van der Waals surface area contributed by atoms with E-state index in [9.17, 15) is 4.79 Å². The van der Waals surface area contributed by atoms with Gasteiger partial charge in [-0.15, -0.1) is 0 Å². The number of nitrogens with zero attached hydrogens (tertiary/aromatic N) is 1. The summed E-state index contributed by atoms with van der Waals surface area (Å²) in [6.45, 7) is 0. The van der Waals surface area contributed by atoms with E-state index in [0.717, 1.165) is 0 Å². The average molecular weight is 336 g/mol. The van der Waals surface area contributed by atoms with Crippen molar-refractivity contribution >= 4 is 45.1 Å². The maximum atomic E-state index is 10.9. The van der Waals surface area contributed by atoms with Gasteiger partial charge in [0.1, 0.15) is 5.69 Å². The molecular formula is C10H5BrCl2N2O2. The van der Waals surface area contributed by atoms with Gasteiger partial charge in [-0.1, -0.05) is 23.2 Å². The number of aromatic carboxylic acids is 1. The number of carbonyl (C=O) groups is 1. The molecule has 0 fully saturated rings. The molecule has 0 amide bonds. The average Bonchev–Trinajstić information content (AvgIpc) is 2.60. The van der Waals surface area contributed by atoms with Crippen LogP contribution in [0.3, 0.4) is 0 Å². The smallest absolute Gasteiger partial charge is 0.355 e. The van der Waals surface area contributed by atoms with Crippen molar-refractivity contribution < 1.29 is 9.90 Å². The SMILES string of the molecule is O=C(O)c1[nH]nc(-c2ccc(Cl)cc2Cl)c1Br. The van der Waals surface area contributed by atoms with Gasteiger partial charge in [0, 0.05) is 10.6 Å². The van der Waals surface area contributed by atoms with Gasteiger partial charge >= 0.3 is 5.97 Å². The number of aromatic amines is 1. The number of aromatic nitrogens is 2. The zero-order chi connectivity index (χ0) is 12.6. The Hall–Kier alpha value is -1.04. The summed E-state index contributed by atoms with van der Waals surface area (Å²) in [6.07, 6.45) is 0. The molecule has 17 heavy (non-hydrogen) atoms. The minimum atomic E-state index is -1.10. The van der Waals surface area contributed by atoms with Gasteiger partial charge in [0.25, 0.3) is 0 Å². The van der Waals surface area contributed by atoms with Crippen LogP contribution >= 0.6 is 39.1 Å². The monoisotopic (exact) mass is 334 g/mol. The lowest BCUT2D eigenvalue weighted by atomic mass is 10.1. The van der Waals surface area contributed by atoms with Crippen molar-refractivity contribution in [2.45, 2.75) is 0 Å². The van der Waals surface area contributed by atoms with Crippen molar-refractivity contribution in [2.24, 2.45) is 0 Å². The Morgan fingerprint density at radius 2 is 2.12 bits per heavy atom. The Labute approximate surface area is 115 Å². The summed E-state index contributed by atoms with van der Waals surface area (Å²) >= 11 is 15.0. The number of hydrogen-bond donors (Lipinski definition) is 2. The summed E-state index contributed by atoms with van der Waals surface area (Å²) in [7, 11) is 0. The summed E-state index contributed by atoms with van der Waals surface area (Å²) < 4.78 is 0.356. The van der Waals surface area contributed by atoms with Crippen LogP contribution in [0.1, 0.15) is 10.5 Å². The molecule has 0 saturated carbocycles. The van der Waals surface area contributed by atoms with Crippen molar-refractivity contribution in [3.8, 4) is 11.3 Å². The Kier molecular flexibility index (Phi) is 3.42. The van der Waals surface area contributed by atoms with Gasteiger partial charge in [-0.3, -0.25) is 5.10 Å². The molecule has 2 rings (SSSR count). The number of hydrogen-bond acceptors (Lipinski definition) is 2. The number of benzene rings is 1. The van der Waals surface area contributed by atoms with Crippen LogP contribution in [-0.4, -0.2) is 21.3 Å². The highest BCUT2D eigenvalue weighted by Crippen LogP contribution is 2.34. The van der Waals surface area contributed by atoms with Crippen LogP contribution in [0.2, 0.25) is 10.0 Å². The van der Waals surface area contributed by atoms with Gasteiger partial charge in [0.2, 0.25) is 0 Å². The second-order valence-electron chi connectivity index (χ2n) is 3.19. The van der Waals surface area contributed by atoms with Crippen LogP contribution in [0.4, 0.5) is 0 Å². The van der Waals surface area contributed by atoms with Gasteiger partial charge in [-0.05, 0) is 34.1 Å². The first kappa shape index (κ1) is 12.4. The van der Waals surface area contributed by atoms with Crippen molar-refractivity contribution in [1.82, 2.24) is 10.2 Å². The van der Waals surface area contributed by atoms with E-state index >= 15 is 0 Å². The van der Waals surface area contributed by atoms with E-state index < -0.39 is 5.97 Å². The number of nitrogens with one attached hydrogen (secondary N) is 1. The van der Waals surface area contributed by atoms with E-state index in [1.807, 2.05) is 0 Å². The van der Waals surface area contributed by atoms with Crippen LogP contribution < -0.4 is 0 Å². The van der Waals surface area contributed by atoms with Crippen molar-refractivity contribution in [3.05, 3.63) is 38.4 Å². The molecule has 7 heteroatoms. The third-order valence-electron chi connectivity index (χ3n) is 2.11. The molecule has 0 unspecified atom stereocenters. The first-order chi connectivity index (χ1) is 8.00. The minimum absolute atomic E-state index is 0.0222. The maximum absolute atomic E-state index is 10.9. The van der Waals surface area contributed by atoms with Crippen molar-refractivity contribution in [2.75, 3.05) is 0 Å². The highest BCUT2D eigenvalue weighted by Gasteiger charge is 2.19. The summed E-state index contributed by atoms with van der Waals surface area (Å²) in [5, 5.41) is 16.1. The number of carboxylic acids is 1. The fourth-order valence-electron chi connectivity index (χ4n) is 1.33. The predicted octanol–water partition coefficient (Wildman–Crippen LogP) is 3.84. The molecule has 0 spiro atoms. The summed E-state index contributed by atoms with van der Waals surface area (Å²) in [5.41, 5.74) is 1.02. The zero-order valence-electron chi connectivity index (χ0n) is 8.17. The number of carboxylic acid groups (broad SMARTS) is 1. The first-order valence-electron chi connectivity index (χ1n) is 4.43. The van der Waals surface area contributed by atoms with Crippen LogP contribution in [0, 0.1) is 0 Å². The minimum Gasteiger partial charge on any atom is -0.476 e. The lowest BCUT2D eigenvalue weighted by molar-refractivity contribution is 0.0689. The number of H-pyrrole nitrogens is 1.